The van der Waals surface area contributed by atoms with Gasteiger partial charge in [0.05, 0.1) is 17.7 Å². The fraction of sp³-hybridized carbons (Fsp3) is 0.278. The van der Waals surface area contributed by atoms with Crippen LogP contribution in [0, 0.1) is 11.6 Å². The van der Waals surface area contributed by atoms with Crippen LogP contribution >= 0.6 is 0 Å². The first kappa shape index (κ1) is 18.3. The third-order valence-electron chi connectivity index (χ3n) is 4.06. The normalized spacial score (nSPS) is 19.3. The molecule has 0 saturated heterocycles. The minimum Gasteiger partial charge on any atom is -0.466 e. The Balaban J connectivity index is 2.16. The number of halogens is 2. The Morgan fingerprint density at radius 2 is 1.85 bits per heavy atom. The molecule has 2 aromatic rings. The molecule has 0 bridgehead atoms. The van der Waals surface area contributed by atoms with Gasteiger partial charge in [-0.15, -0.1) is 0 Å². The summed E-state index contributed by atoms with van der Waals surface area (Å²) in [5.41, 5.74) is 0.358. The number of ether oxygens (including phenoxy) is 1. The van der Waals surface area contributed by atoms with E-state index in [1.54, 1.807) is 13.0 Å². The molecule has 1 heterocycles. The van der Waals surface area contributed by atoms with E-state index in [-0.39, 0.29) is 5.56 Å². The molecule has 1 unspecified atom stereocenters. The molecule has 0 aromatic heterocycles. The zero-order chi connectivity index (χ0) is 19.1. The second-order valence-electron chi connectivity index (χ2n) is 6.30. The van der Waals surface area contributed by atoms with E-state index in [1.807, 2.05) is 6.92 Å². The van der Waals surface area contributed by atoms with Gasteiger partial charge in [-0.1, -0.05) is 6.92 Å². The first-order valence-corrected chi connectivity index (χ1v) is 9.86. The largest absolute Gasteiger partial charge is 0.466 e. The summed E-state index contributed by atoms with van der Waals surface area (Å²) in [5.74, 6) is -1.03. The number of anilines is 1. The van der Waals surface area contributed by atoms with Gasteiger partial charge in [0.15, 0.2) is 5.72 Å². The first-order valence-electron chi connectivity index (χ1n) is 7.97. The fourth-order valence-electron chi connectivity index (χ4n) is 2.67. The van der Waals surface area contributed by atoms with Crippen molar-refractivity contribution in [2.75, 3.05) is 11.0 Å². The monoisotopic (exact) mass is 380 g/mol. The maximum Gasteiger partial charge on any atom is 0.229 e. The zero-order valence-corrected chi connectivity index (χ0v) is 15.3. The molecule has 1 aliphatic rings. The second kappa shape index (κ2) is 6.35. The lowest BCUT2D eigenvalue weighted by Gasteiger charge is -2.32. The summed E-state index contributed by atoms with van der Waals surface area (Å²) in [5, 5.41) is 0. The highest BCUT2D eigenvalue weighted by Crippen LogP contribution is 2.36. The molecule has 0 radical (unpaired) electrons. The lowest BCUT2D eigenvalue weighted by atomic mass is 9.97. The van der Waals surface area contributed by atoms with Crippen LogP contribution in [0.1, 0.15) is 31.4 Å². The number of sulfonamides is 1. The molecule has 2 aromatic carbocycles. The predicted octanol–water partition coefficient (Wildman–Crippen LogP) is 3.69. The van der Waals surface area contributed by atoms with Gasteiger partial charge in [0.1, 0.15) is 17.4 Å². The molecule has 0 fully saturated rings. The highest BCUT2D eigenvalue weighted by molar-refractivity contribution is 7.92. The minimum atomic E-state index is -3.45. The summed E-state index contributed by atoms with van der Waals surface area (Å²) in [6.45, 7) is 3.61. The van der Waals surface area contributed by atoms with Crippen molar-refractivity contribution in [2.45, 2.75) is 26.0 Å². The zero-order valence-electron chi connectivity index (χ0n) is 14.5. The molecule has 0 saturated carbocycles. The highest BCUT2D eigenvalue weighted by Gasteiger charge is 2.32. The average Bonchev–Trinajstić information content (AvgIpc) is 2.52. The summed E-state index contributed by atoms with van der Waals surface area (Å²) in [7, 11) is -3.45. The molecule has 0 aliphatic carbocycles. The predicted molar refractivity (Wildman–Crippen MR) is 96.2 cm³/mol. The number of hydrogen-bond donors (Lipinski definition) is 1. The molecule has 0 spiro atoms. The average molecular weight is 380 g/mol. The van der Waals surface area contributed by atoms with E-state index in [0.717, 1.165) is 12.3 Å². The Kier molecular flexibility index (Phi) is 4.47. The molecule has 138 valence electrons. The van der Waals surface area contributed by atoms with Gasteiger partial charge in [-0.3, -0.25) is 4.72 Å². The number of nitrogens with zero attached hydrogens (tertiary/aromatic N) is 1. The van der Waals surface area contributed by atoms with Crippen LogP contribution in [-0.2, 0) is 10.0 Å². The molecule has 5 nitrogen and oxygen atoms in total. The quantitative estimate of drug-likeness (QED) is 0.880. The number of nitrogens with one attached hydrogen (secondary N) is 1. The Hall–Kier alpha value is -2.48. The topological polar surface area (TPSA) is 67.8 Å². The van der Waals surface area contributed by atoms with E-state index < -0.39 is 27.4 Å². The smallest absolute Gasteiger partial charge is 0.229 e. The van der Waals surface area contributed by atoms with Gasteiger partial charge in [0.2, 0.25) is 10.0 Å². The third-order valence-corrected chi connectivity index (χ3v) is 4.67. The summed E-state index contributed by atoms with van der Waals surface area (Å²) in [6, 6.07) is 7.96. The van der Waals surface area contributed by atoms with Crippen molar-refractivity contribution in [3.05, 3.63) is 59.2 Å². The lowest BCUT2D eigenvalue weighted by Crippen LogP contribution is -2.35. The van der Waals surface area contributed by atoms with Crippen molar-refractivity contribution in [1.29, 1.82) is 0 Å². The molecule has 0 amide bonds. The first-order chi connectivity index (χ1) is 12.1. The molecule has 1 N–H and O–H groups in total. The van der Waals surface area contributed by atoms with Gasteiger partial charge in [-0.25, -0.2) is 22.2 Å². The van der Waals surface area contributed by atoms with Crippen LogP contribution < -0.4 is 9.46 Å². The van der Waals surface area contributed by atoms with E-state index in [0.29, 0.717) is 29.1 Å². The van der Waals surface area contributed by atoms with Crippen LogP contribution in [0.3, 0.4) is 0 Å². The van der Waals surface area contributed by atoms with E-state index in [2.05, 4.69) is 9.71 Å². The Labute approximate surface area is 150 Å². The van der Waals surface area contributed by atoms with E-state index >= 15 is 0 Å². The van der Waals surface area contributed by atoms with E-state index in [9.17, 15) is 17.2 Å². The Morgan fingerprint density at radius 1 is 1.15 bits per heavy atom. The van der Waals surface area contributed by atoms with Crippen molar-refractivity contribution in [3.63, 3.8) is 0 Å². The Morgan fingerprint density at radius 3 is 2.46 bits per heavy atom. The number of benzene rings is 2. The van der Waals surface area contributed by atoms with Crippen LogP contribution in [0.25, 0.3) is 0 Å². The lowest BCUT2D eigenvalue weighted by molar-refractivity contribution is 0.0903. The van der Waals surface area contributed by atoms with Crippen LogP contribution in [0.15, 0.2) is 41.4 Å². The van der Waals surface area contributed by atoms with Crippen molar-refractivity contribution >= 4 is 21.4 Å². The number of hydrogen-bond acceptors (Lipinski definition) is 4. The summed E-state index contributed by atoms with van der Waals surface area (Å²) in [6.07, 6.45) is 1.55. The van der Waals surface area contributed by atoms with Crippen molar-refractivity contribution in [2.24, 2.45) is 4.99 Å². The fourth-order valence-corrected chi connectivity index (χ4v) is 3.23. The van der Waals surface area contributed by atoms with Gasteiger partial charge in [0, 0.05) is 29.7 Å². The molecule has 3 rings (SSSR count). The molecule has 1 atom stereocenters. The van der Waals surface area contributed by atoms with Gasteiger partial charge in [0.25, 0.3) is 0 Å². The number of fused-ring (bicyclic) bond motifs is 1. The van der Waals surface area contributed by atoms with Crippen molar-refractivity contribution < 1.29 is 21.9 Å². The van der Waals surface area contributed by atoms with Crippen LogP contribution in [0.5, 0.6) is 5.75 Å². The molecule has 1 aliphatic heterocycles. The van der Waals surface area contributed by atoms with E-state index in [1.165, 1.54) is 24.3 Å². The van der Waals surface area contributed by atoms with Crippen molar-refractivity contribution in [1.82, 2.24) is 0 Å². The highest BCUT2D eigenvalue weighted by atomic mass is 32.2. The summed E-state index contributed by atoms with van der Waals surface area (Å²) < 4.78 is 58.8. The van der Waals surface area contributed by atoms with Crippen LogP contribution in [0.4, 0.5) is 14.5 Å². The minimum absolute atomic E-state index is 0.152. The number of aliphatic imine (C=N–C) groups is 1. The summed E-state index contributed by atoms with van der Waals surface area (Å²) in [4.78, 5) is 4.53. The maximum absolute atomic E-state index is 14.3. The van der Waals surface area contributed by atoms with Gasteiger partial charge in [-0.05, 0) is 31.2 Å². The summed E-state index contributed by atoms with van der Waals surface area (Å²) >= 11 is 0. The molecular formula is C18H18F2N2O3S. The Bertz CT molecular complexity index is 1010. The van der Waals surface area contributed by atoms with Gasteiger partial charge in [-0.2, -0.15) is 0 Å². The standard InChI is InChI=1S/C18H18F2N2O3S/c1-4-18(2)21-17(13-7-5-11(19)9-15(13)20)14-8-6-12(10-16(14)25-18)22-26(3,23)24/h5-10,22H,4H2,1-3H3. The maximum atomic E-state index is 14.3. The van der Waals surface area contributed by atoms with Crippen LogP contribution in [0.2, 0.25) is 0 Å². The van der Waals surface area contributed by atoms with Crippen molar-refractivity contribution in [3.8, 4) is 5.75 Å². The third kappa shape index (κ3) is 3.70. The van der Waals surface area contributed by atoms with Crippen LogP contribution in [-0.4, -0.2) is 26.1 Å². The van der Waals surface area contributed by atoms with E-state index in [4.69, 9.17) is 4.74 Å². The molecular weight excluding hydrogens is 362 g/mol. The molecule has 26 heavy (non-hydrogen) atoms. The second-order valence-corrected chi connectivity index (χ2v) is 8.05. The number of rotatable bonds is 4. The SMILES string of the molecule is CCC1(C)N=C(c2ccc(F)cc2F)c2ccc(NS(C)(=O)=O)cc2O1. The molecule has 8 heteroatoms. The van der Waals surface area contributed by atoms with Gasteiger partial charge < -0.3 is 4.74 Å². The van der Waals surface area contributed by atoms with Gasteiger partial charge >= 0.3 is 0 Å².